The summed E-state index contributed by atoms with van der Waals surface area (Å²) in [5.41, 5.74) is 0.918. The molecule has 4 heterocycles. The van der Waals surface area contributed by atoms with Gasteiger partial charge in [-0.25, -0.2) is 9.97 Å². The SMILES string of the molecule is O=C(Nc1ccc2c(c1)OCO2)c1ccnc(N2CCC3(CC2)OCCO3)n1. The van der Waals surface area contributed by atoms with E-state index in [2.05, 4.69) is 15.3 Å². The van der Waals surface area contributed by atoms with Crippen LogP contribution in [0, 0.1) is 0 Å². The largest absolute Gasteiger partial charge is 0.454 e. The van der Waals surface area contributed by atoms with Crippen molar-refractivity contribution in [3.63, 3.8) is 0 Å². The van der Waals surface area contributed by atoms with Gasteiger partial charge >= 0.3 is 0 Å². The lowest BCUT2D eigenvalue weighted by Gasteiger charge is -2.37. The highest BCUT2D eigenvalue weighted by Gasteiger charge is 2.40. The van der Waals surface area contributed by atoms with Crippen LogP contribution in [0.1, 0.15) is 23.3 Å². The molecule has 0 aliphatic carbocycles. The Labute approximate surface area is 161 Å². The van der Waals surface area contributed by atoms with Crippen LogP contribution in [0.2, 0.25) is 0 Å². The number of fused-ring (bicyclic) bond motifs is 1. The van der Waals surface area contributed by atoms with Crippen molar-refractivity contribution in [2.75, 3.05) is 43.3 Å². The first-order valence-electron chi connectivity index (χ1n) is 9.28. The van der Waals surface area contributed by atoms with Crippen LogP contribution in [0.25, 0.3) is 0 Å². The molecule has 0 atom stereocenters. The first kappa shape index (κ1) is 17.2. The molecule has 2 saturated heterocycles. The first-order chi connectivity index (χ1) is 13.7. The number of nitrogens with one attached hydrogen (secondary N) is 1. The van der Waals surface area contributed by atoms with E-state index in [1.54, 1.807) is 30.5 Å². The summed E-state index contributed by atoms with van der Waals surface area (Å²) in [5, 5.41) is 2.83. The monoisotopic (exact) mass is 384 g/mol. The summed E-state index contributed by atoms with van der Waals surface area (Å²) in [6.07, 6.45) is 3.11. The molecule has 1 amide bonds. The fourth-order valence-corrected chi connectivity index (χ4v) is 3.63. The number of benzene rings is 1. The molecule has 2 fully saturated rings. The summed E-state index contributed by atoms with van der Waals surface area (Å²) < 4.78 is 22.1. The highest BCUT2D eigenvalue weighted by atomic mass is 16.7. The highest BCUT2D eigenvalue weighted by molar-refractivity contribution is 6.03. The molecule has 0 bridgehead atoms. The minimum Gasteiger partial charge on any atom is -0.454 e. The van der Waals surface area contributed by atoms with Crippen molar-refractivity contribution in [1.82, 2.24) is 9.97 Å². The number of piperidine rings is 1. The average molecular weight is 384 g/mol. The normalized spacial score (nSPS) is 19.8. The maximum atomic E-state index is 12.6. The van der Waals surface area contributed by atoms with Crippen LogP contribution in [0.4, 0.5) is 11.6 Å². The second-order valence-corrected chi connectivity index (χ2v) is 6.86. The Kier molecular flexibility index (Phi) is 4.25. The van der Waals surface area contributed by atoms with E-state index in [-0.39, 0.29) is 12.7 Å². The fourth-order valence-electron chi connectivity index (χ4n) is 3.63. The van der Waals surface area contributed by atoms with Crippen LogP contribution in [0.5, 0.6) is 11.5 Å². The van der Waals surface area contributed by atoms with Crippen molar-refractivity contribution in [3.05, 3.63) is 36.2 Å². The minimum atomic E-state index is -0.454. The van der Waals surface area contributed by atoms with Gasteiger partial charge in [0.25, 0.3) is 5.91 Å². The Morgan fingerprint density at radius 1 is 1.07 bits per heavy atom. The Bertz CT molecular complexity index is 890. The molecular formula is C19H20N4O5. The van der Waals surface area contributed by atoms with E-state index in [0.717, 1.165) is 12.8 Å². The summed E-state index contributed by atoms with van der Waals surface area (Å²) in [6, 6.07) is 6.85. The van der Waals surface area contributed by atoms with Gasteiger partial charge in [0, 0.05) is 43.9 Å². The van der Waals surface area contributed by atoms with Crippen molar-refractivity contribution in [3.8, 4) is 11.5 Å². The third kappa shape index (κ3) is 3.23. The van der Waals surface area contributed by atoms with Crippen LogP contribution in [-0.4, -0.2) is 54.8 Å². The summed E-state index contributed by atoms with van der Waals surface area (Å²) in [6.45, 7) is 2.91. The highest BCUT2D eigenvalue weighted by Crippen LogP contribution is 2.34. The molecule has 5 rings (SSSR count). The molecule has 0 unspecified atom stereocenters. The molecule has 146 valence electrons. The molecule has 3 aliphatic heterocycles. The van der Waals surface area contributed by atoms with Gasteiger partial charge in [-0.05, 0) is 18.2 Å². The maximum Gasteiger partial charge on any atom is 0.274 e. The number of nitrogens with zero attached hydrogens (tertiary/aromatic N) is 3. The molecule has 1 spiro atoms. The second kappa shape index (κ2) is 6.92. The quantitative estimate of drug-likeness (QED) is 0.856. The van der Waals surface area contributed by atoms with E-state index in [1.807, 2.05) is 4.90 Å². The van der Waals surface area contributed by atoms with E-state index >= 15 is 0 Å². The maximum absolute atomic E-state index is 12.6. The van der Waals surface area contributed by atoms with E-state index < -0.39 is 5.79 Å². The number of carbonyl (C=O) groups excluding carboxylic acids is 1. The number of hydrogen-bond donors (Lipinski definition) is 1. The molecule has 3 aliphatic rings. The van der Waals surface area contributed by atoms with Gasteiger partial charge in [-0.1, -0.05) is 0 Å². The van der Waals surface area contributed by atoms with Crippen molar-refractivity contribution < 1.29 is 23.7 Å². The van der Waals surface area contributed by atoms with E-state index in [0.29, 0.717) is 55.1 Å². The minimum absolute atomic E-state index is 0.190. The number of rotatable bonds is 3. The smallest absolute Gasteiger partial charge is 0.274 e. The Morgan fingerprint density at radius 3 is 2.68 bits per heavy atom. The van der Waals surface area contributed by atoms with Crippen molar-refractivity contribution in [2.45, 2.75) is 18.6 Å². The molecule has 1 N–H and O–H groups in total. The van der Waals surface area contributed by atoms with Gasteiger partial charge in [0.15, 0.2) is 17.3 Å². The van der Waals surface area contributed by atoms with Gasteiger partial charge in [-0.15, -0.1) is 0 Å². The average Bonchev–Trinajstić information content (AvgIpc) is 3.38. The van der Waals surface area contributed by atoms with Gasteiger partial charge in [-0.3, -0.25) is 4.79 Å². The molecule has 9 nitrogen and oxygen atoms in total. The van der Waals surface area contributed by atoms with E-state index in [4.69, 9.17) is 18.9 Å². The number of ether oxygens (including phenoxy) is 4. The van der Waals surface area contributed by atoms with Crippen LogP contribution in [0.3, 0.4) is 0 Å². The first-order valence-corrected chi connectivity index (χ1v) is 9.28. The summed E-state index contributed by atoms with van der Waals surface area (Å²) in [4.78, 5) is 23.4. The van der Waals surface area contributed by atoms with Gasteiger partial charge in [0.1, 0.15) is 5.69 Å². The molecule has 1 aromatic heterocycles. The zero-order valence-corrected chi connectivity index (χ0v) is 15.2. The zero-order chi connectivity index (χ0) is 19.0. The number of amides is 1. The van der Waals surface area contributed by atoms with E-state index in [1.165, 1.54) is 0 Å². The lowest BCUT2D eigenvalue weighted by atomic mass is 10.0. The second-order valence-electron chi connectivity index (χ2n) is 6.86. The van der Waals surface area contributed by atoms with Crippen LogP contribution in [0.15, 0.2) is 30.5 Å². The number of aromatic nitrogens is 2. The lowest BCUT2D eigenvalue weighted by Crippen LogP contribution is -2.45. The zero-order valence-electron chi connectivity index (χ0n) is 15.2. The third-order valence-electron chi connectivity index (χ3n) is 5.13. The number of anilines is 2. The molecule has 1 aromatic carbocycles. The summed E-state index contributed by atoms with van der Waals surface area (Å²) in [7, 11) is 0. The Hall–Kier alpha value is -2.91. The van der Waals surface area contributed by atoms with Gasteiger partial charge < -0.3 is 29.2 Å². The fraction of sp³-hybridized carbons (Fsp3) is 0.421. The Balaban J connectivity index is 1.27. The van der Waals surface area contributed by atoms with Crippen LogP contribution < -0.4 is 19.7 Å². The van der Waals surface area contributed by atoms with Gasteiger partial charge in [0.2, 0.25) is 12.7 Å². The molecule has 0 saturated carbocycles. The van der Waals surface area contributed by atoms with Crippen LogP contribution in [-0.2, 0) is 9.47 Å². The number of carbonyl (C=O) groups is 1. The number of hydrogen-bond acceptors (Lipinski definition) is 8. The standard InChI is InChI=1S/C19H20N4O5/c24-17(21-13-1-2-15-16(11-13)26-12-25-15)14-3-6-20-18(22-14)23-7-4-19(5-8-23)27-9-10-28-19/h1-3,6,11H,4-5,7-10,12H2,(H,21,24). The van der Waals surface area contributed by atoms with Crippen molar-refractivity contribution in [1.29, 1.82) is 0 Å². The Morgan fingerprint density at radius 2 is 1.86 bits per heavy atom. The topological polar surface area (TPSA) is 95.0 Å². The predicted molar refractivity (Wildman–Crippen MR) is 98.6 cm³/mol. The summed E-state index contributed by atoms with van der Waals surface area (Å²) >= 11 is 0. The lowest BCUT2D eigenvalue weighted by molar-refractivity contribution is -0.169. The molecular weight excluding hydrogens is 364 g/mol. The molecule has 28 heavy (non-hydrogen) atoms. The van der Waals surface area contributed by atoms with Crippen molar-refractivity contribution >= 4 is 17.5 Å². The predicted octanol–water partition coefficient (Wildman–Crippen LogP) is 1.80. The third-order valence-corrected chi connectivity index (χ3v) is 5.13. The molecule has 9 heteroatoms. The van der Waals surface area contributed by atoms with Gasteiger partial charge in [0.05, 0.1) is 13.2 Å². The van der Waals surface area contributed by atoms with Crippen molar-refractivity contribution in [2.24, 2.45) is 0 Å². The van der Waals surface area contributed by atoms with Gasteiger partial charge in [-0.2, -0.15) is 0 Å². The van der Waals surface area contributed by atoms with Crippen LogP contribution >= 0.6 is 0 Å². The summed E-state index contributed by atoms with van der Waals surface area (Å²) in [5.74, 6) is 1.05. The molecule has 2 aromatic rings. The van der Waals surface area contributed by atoms with E-state index in [9.17, 15) is 4.79 Å². The molecule has 0 radical (unpaired) electrons.